The molecule has 25 heavy (non-hydrogen) atoms. The number of hydrogen-bond acceptors (Lipinski definition) is 4. The summed E-state index contributed by atoms with van der Waals surface area (Å²) in [5, 5.41) is 14.3. The number of amides is 2. The highest BCUT2D eigenvalue weighted by Gasteiger charge is 2.22. The number of anilines is 2. The van der Waals surface area contributed by atoms with Gasteiger partial charge in [-0.3, -0.25) is 0 Å². The summed E-state index contributed by atoms with van der Waals surface area (Å²) in [5.41, 5.74) is 2.98. The van der Waals surface area contributed by atoms with Crippen LogP contribution in [-0.4, -0.2) is 35.4 Å². The van der Waals surface area contributed by atoms with Crippen molar-refractivity contribution < 1.29 is 4.79 Å². The van der Waals surface area contributed by atoms with Gasteiger partial charge in [0.25, 0.3) is 0 Å². The Morgan fingerprint density at radius 1 is 1.20 bits per heavy atom. The van der Waals surface area contributed by atoms with E-state index < -0.39 is 0 Å². The summed E-state index contributed by atoms with van der Waals surface area (Å²) in [6.45, 7) is 5.73. The van der Waals surface area contributed by atoms with Crippen LogP contribution in [0.4, 0.5) is 16.3 Å². The Bertz CT molecular complexity index is 699. The second-order valence-corrected chi connectivity index (χ2v) is 6.47. The number of hydrogen-bond donors (Lipinski definition) is 2. The molecular weight excluding hydrogens is 314 g/mol. The van der Waals surface area contributed by atoms with Gasteiger partial charge in [0, 0.05) is 24.8 Å². The molecule has 1 atom stereocenters. The summed E-state index contributed by atoms with van der Waals surface area (Å²) in [4.78, 5) is 14.4. The third kappa shape index (κ3) is 4.68. The molecule has 2 aromatic rings. The molecule has 132 valence electrons. The van der Waals surface area contributed by atoms with E-state index in [1.807, 2.05) is 43.3 Å². The quantitative estimate of drug-likeness (QED) is 0.898. The molecule has 1 aromatic heterocycles. The standard InChI is InChI=1S/C19H25N5O/c1-3-15-7-9-16(10-8-15)20-19(25)21-17-5-4-12-24(13-17)18-11-6-14(2)22-23-18/h6-11,17H,3-5,12-13H2,1-2H3,(H2,20,21,25). The van der Waals surface area contributed by atoms with Crippen molar-refractivity contribution in [2.24, 2.45) is 0 Å². The molecule has 0 radical (unpaired) electrons. The number of urea groups is 1. The van der Waals surface area contributed by atoms with Crippen LogP contribution >= 0.6 is 0 Å². The van der Waals surface area contributed by atoms with E-state index in [2.05, 4.69) is 32.7 Å². The first-order valence-corrected chi connectivity index (χ1v) is 8.86. The average molecular weight is 339 g/mol. The fourth-order valence-corrected chi connectivity index (χ4v) is 3.04. The predicted octanol–water partition coefficient (Wildman–Crippen LogP) is 3.14. The van der Waals surface area contributed by atoms with E-state index in [1.54, 1.807) is 0 Å². The Morgan fingerprint density at radius 2 is 2.00 bits per heavy atom. The van der Waals surface area contributed by atoms with E-state index >= 15 is 0 Å². The van der Waals surface area contributed by atoms with Gasteiger partial charge in [-0.15, -0.1) is 5.10 Å². The van der Waals surface area contributed by atoms with E-state index in [0.29, 0.717) is 0 Å². The molecule has 6 heteroatoms. The first kappa shape index (κ1) is 17.2. The van der Waals surface area contributed by atoms with E-state index in [4.69, 9.17) is 0 Å². The summed E-state index contributed by atoms with van der Waals surface area (Å²) >= 11 is 0. The Kier molecular flexibility index (Phi) is 5.48. The molecular formula is C19H25N5O. The maximum absolute atomic E-state index is 12.3. The zero-order chi connectivity index (χ0) is 17.6. The molecule has 1 unspecified atom stereocenters. The van der Waals surface area contributed by atoms with Crippen LogP contribution in [0.1, 0.15) is 31.0 Å². The molecule has 0 bridgehead atoms. The van der Waals surface area contributed by atoms with Crippen molar-refractivity contribution in [3.8, 4) is 0 Å². The fourth-order valence-electron chi connectivity index (χ4n) is 3.04. The van der Waals surface area contributed by atoms with Gasteiger partial charge in [0.05, 0.1) is 5.69 Å². The average Bonchev–Trinajstić information content (AvgIpc) is 2.63. The molecule has 2 N–H and O–H groups in total. The maximum atomic E-state index is 12.3. The molecule has 2 heterocycles. The van der Waals surface area contributed by atoms with E-state index in [1.165, 1.54) is 5.56 Å². The van der Waals surface area contributed by atoms with Crippen molar-refractivity contribution in [3.05, 3.63) is 47.7 Å². The van der Waals surface area contributed by atoms with Crippen LogP contribution in [0, 0.1) is 6.92 Å². The lowest BCUT2D eigenvalue weighted by molar-refractivity contribution is 0.246. The molecule has 3 rings (SSSR count). The lowest BCUT2D eigenvalue weighted by atomic mass is 10.1. The third-order valence-corrected chi connectivity index (χ3v) is 4.48. The van der Waals surface area contributed by atoms with Gasteiger partial charge in [-0.1, -0.05) is 19.1 Å². The van der Waals surface area contributed by atoms with Crippen molar-refractivity contribution in [2.75, 3.05) is 23.3 Å². The van der Waals surface area contributed by atoms with Gasteiger partial charge in [-0.25, -0.2) is 4.79 Å². The molecule has 1 aliphatic heterocycles. The molecule has 1 aliphatic rings. The number of carbonyl (C=O) groups excluding carboxylic acids is 1. The fraction of sp³-hybridized carbons (Fsp3) is 0.421. The number of rotatable bonds is 4. The van der Waals surface area contributed by atoms with Crippen LogP contribution in [0.25, 0.3) is 0 Å². The number of aryl methyl sites for hydroxylation is 2. The molecule has 0 saturated carbocycles. The molecule has 6 nitrogen and oxygen atoms in total. The maximum Gasteiger partial charge on any atom is 0.319 e. The highest BCUT2D eigenvalue weighted by Crippen LogP contribution is 2.17. The van der Waals surface area contributed by atoms with Gasteiger partial charge < -0.3 is 15.5 Å². The zero-order valence-electron chi connectivity index (χ0n) is 14.8. The lowest BCUT2D eigenvalue weighted by Crippen LogP contribution is -2.49. The number of nitrogens with one attached hydrogen (secondary N) is 2. The van der Waals surface area contributed by atoms with Crippen LogP contribution < -0.4 is 15.5 Å². The molecule has 1 aromatic carbocycles. The van der Waals surface area contributed by atoms with Crippen molar-refractivity contribution in [3.63, 3.8) is 0 Å². The molecule has 2 amide bonds. The van der Waals surface area contributed by atoms with Crippen LogP contribution in [0.3, 0.4) is 0 Å². The minimum absolute atomic E-state index is 0.103. The largest absolute Gasteiger partial charge is 0.353 e. The van der Waals surface area contributed by atoms with Crippen molar-refractivity contribution in [2.45, 2.75) is 39.2 Å². The minimum atomic E-state index is -0.161. The lowest BCUT2D eigenvalue weighted by Gasteiger charge is -2.33. The summed E-state index contributed by atoms with van der Waals surface area (Å²) in [5.74, 6) is 0.868. The van der Waals surface area contributed by atoms with Crippen molar-refractivity contribution in [1.29, 1.82) is 0 Å². The van der Waals surface area contributed by atoms with Crippen molar-refractivity contribution in [1.82, 2.24) is 15.5 Å². The summed E-state index contributed by atoms with van der Waals surface area (Å²) < 4.78 is 0. The monoisotopic (exact) mass is 339 g/mol. The Morgan fingerprint density at radius 3 is 2.68 bits per heavy atom. The first-order chi connectivity index (χ1) is 12.1. The van der Waals surface area contributed by atoms with E-state index in [-0.39, 0.29) is 12.1 Å². The van der Waals surface area contributed by atoms with Crippen LogP contribution in [-0.2, 0) is 6.42 Å². The highest BCUT2D eigenvalue weighted by atomic mass is 16.2. The molecule has 1 fully saturated rings. The second-order valence-electron chi connectivity index (χ2n) is 6.47. The van der Waals surface area contributed by atoms with Crippen LogP contribution in [0.15, 0.2) is 36.4 Å². The van der Waals surface area contributed by atoms with Crippen LogP contribution in [0.5, 0.6) is 0 Å². The van der Waals surface area contributed by atoms with E-state index in [0.717, 1.165) is 49.6 Å². The third-order valence-electron chi connectivity index (χ3n) is 4.48. The number of carbonyl (C=O) groups is 1. The summed E-state index contributed by atoms with van der Waals surface area (Å²) in [7, 11) is 0. The van der Waals surface area contributed by atoms with Crippen molar-refractivity contribution >= 4 is 17.5 Å². The highest BCUT2D eigenvalue weighted by molar-refractivity contribution is 5.89. The predicted molar refractivity (Wildman–Crippen MR) is 100.0 cm³/mol. The number of nitrogens with zero attached hydrogens (tertiary/aromatic N) is 3. The first-order valence-electron chi connectivity index (χ1n) is 8.86. The van der Waals surface area contributed by atoms with Gasteiger partial charge in [0.2, 0.25) is 0 Å². The van der Waals surface area contributed by atoms with Gasteiger partial charge in [0.1, 0.15) is 0 Å². The topological polar surface area (TPSA) is 70.2 Å². The molecule has 0 aliphatic carbocycles. The molecule has 0 spiro atoms. The van der Waals surface area contributed by atoms with Gasteiger partial charge in [-0.05, 0) is 56.0 Å². The zero-order valence-corrected chi connectivity index (χ0v) is 14.8. The van der Waals surface area contributed by atoms with Gasteiger partial charge in [-0.2, -0.15) is 5.10 Å². The Labute approximate surface area is 148 Å². The summed E-state index contributed by atoms with van der Waals surface area (Å²) in [6, 6.07) is 11.8. The SMILES string of the molecule is CCc1ccc(NC(=O)NC2CCCN(c3ccc(C)nn3)C2)cc1. The smallest absolute Gasteiger partial charge is 0.319 e. The number of piperidine rings is 1. The summed E-state index contributed by atoms with van der Waals surface area (Å²) in [6.07, 6.45) is 2.98. The van der Waals surface area contributed by atoms with E-state index in [9.17, 15) is 4.79 Å². The Hall–Kier alpha value is -2.63. The number of aromatic nitrogens is 2. The number of benzene rings is 1. The Balaban J connectivity index is 1.54. The van der Waals surface area contributed by atoms with Gasteiger partial charge in [0.15, 0.2) is 5.82 Å². The minimum Gasteiger partial charge on any atom is -0.353 e. The second kappa shape index (κ2) is 7.96. The normalized spacial score (nSPS) is 17.2. The van der Waals surface area contributed by atoms with Crippen LogP contribution in [0.2, 0.25) is 0 Å². The van der Waals surface area contributed by atoms with Gasteiger partial charge >= 0.3 is 6.03 Å². The molecule has 1 saturated heterocycles.